The minimum absolute atomic E-state index is 0.00950. The highest BCUT2D eigenvalue weighted by molar-refractivity contribution is 7.90. The minimum atomic E-state index is -3.57. The van der Waals surface area contributed by atoms with Gasteiger partial charge in [-0.25, -0.2) is 8.42 Å². The lowest BCUT2D eigenvalue weighted by atomic mass is 10.2. The molecular formula is C19H24N2O5S. The van der Waals surface area contributed by atoms with Crippen LogP contribution in [-0.2, 0) is 20.4 Å². The van der Waals surface area contributed by atoms with Gasteiger partial charge in [-0.1, -0.05) is 25.1 Å². The Balaban J connectivity index is 2.00. The van der Waals surface area contributed by atoms with Gasteiger partial charge in [-0.05, 0) is 44.5 Å². The Labute approximate surface area is 159 Å². The van der Waals surface area contributed by atoms with E-state index >= 15 is 0 Å². The molecule has 2 N–H and O–H groups in total. The fourth-order valence-corrected chi connectivity index (χ4v) is 3.55. The molecule has 27 heavy (non-hydrogen) atoms. The van der Waals surface area contributed by atoms with Gasteiger partial charge in [0.25, 0.3) is 5.91 Å². The molecule has 0 radical (unpaired) electrons. The van der Waals surface area contributed by atoms with Crippen molar-refractivity contribution in [1.82, 2.24) is 10.6 Å². The molecule has 0 aliphatic heterocycles. The molecule has 146 valence electrons. The summed E-state index contributed by atoms with van der Waals surface area (Å²) in [6.07, 6.45) is 0.782. The molecule has 0 saturated heterocycles. The summed E-state index contributed by atoms with van der Waals surface area (Å²) >= 11 is 0. The van der Waals surface area contributed by atoms with Crippen LogP contribution in [0.5, 0.6) is 0 Å². The molecule has 2 atom stereocenters. The van der Waals surface area contributed by atoms with E-state index in [4.69, 9.17) is 4.42 Å². The smallest absolute Gasteiger partial charge is 0.287 e. The van der Waals surface area contributed by atoms with Crippen LogP contribution < -0.4 is 10.6 Å². The first-order valence-electron chi connectivity index (χ1n) is 8.70. The summed E-state index contributed by atoms with van der Waals surface area (Å²) < 4.78 is 30.1. The summed E-state index contributed by atoms with van der Waals surface area (Å²) in [7, 11) is -3.57. The topological polar surface area (TPSA) is 105 Å². The fourth-order valence-electron chi connectivity index (χ4n) is 2.28. The summed E-state index contributed by atoms with van der Waals surface area (Å²) in [5.41, 5.74) is 0. The number of furan rings is 1. The van der Waals surface area contributed by atoms with Crippen LogP contribution in [0.2, 0.25) is 0 Å². The Morgan fingerprint density at radius 2 is 1.70 bits per heavy atom. The Kier molecular flexibility index (Phi) is 6.79. The number of hydrogen-bond acceptors (Lipinski definition) is 5. The number of carbonyl (C=O) groups excluding carboxylic acids is 2. The zero-order chi connectivity index (χ0) is 20.0. The highest BCUT2D eigenvalue weighted by Crippen LogP contribution is 2.18. The second-order valence-corrected chi connectivity index (χ2v) is 8.34. The van der Waals surface area contributed by atoms with Gasteiger partial charge in [0.15, 0.2) is 15.6 Å². The standard InChI is InChI=1S/C19H24N2O5S/c1-4-13(2)20-18(22)14(3)21-19(23)17-11-10-15(26-17)12-27(24,25)16-8-6-5-7-9-16/h5-11,13-14H,4,12H2,1-3H3,(H,20,22)(H,21,23). The van der Waals surface area contributed by atoms with E-state index in [1.165, 1.54) is 24.3 Å². The molecular weight excluding hydrogens is 368 g/mol. The highest BCUT2D eigenvalue weighted by Gasteiger charge is 2.22. The van der Waals surface area contributed by atoms with E-state index in [1.807, 2.05) is 13.8 Å². The Bertz CT molecular complexity index is 890. The number of rotatable bonds is 8. The maximum Gasteiger partial charge on any atom is 0.287 e. The number of amides is 2. The lowest BCUT2D eigenvalue weighted by Crippen LogP contribution is -2.47. The fraction of sp³-hybridized carbons (Fsp3) is 0.368. The SMILES string of the molecule is CCC(C)NC(=O)C(C)NC(=O)c1ccc(CS(=O)(=O)c2ccccc2)o1. The third kappa shape index (κ3) is 5.68. The molecule has 0 aliphatic rings. The maximum atomic E-state index is 12.4. The highest BCUT2D eigenvalue weighted by atomic mass is 32.2. The molecule has 0 spiro atoms. The van der Waals surface area contributed by atoms with E-state index in [1.54, 1.807) is 25.1 Å². The van der Waals surface area contributed by atoms with Crippen molar-refractivity contribution >= 4 is 21.7 Å². The lowest BCUT2D eigenvalue weighted by Gasteiger charge is -2.16. The maximum absolute atomic E-state index is 12.4. The predicted octanol–water partition coefficient (Wildman–Crippen LogP) is 2.29. The van der Waals surface area contributed by atoms with E-state index in [9.17, 15) is 18.0 Å². The van der Waals surface area contributed by atoms with Crippen molar-refractivity contribution in [2.24, 2.45) is 0 Å². The van der Waals surface area contributed by atoms with Crippen LogP contribution in [0.3, 0.4) is 0 Å². The largest absolute Gasteiger partial charge is 0.455 e. The van der Waals surface area contributed by atoms with Crippen molar-refractivity contribution in [3.05, 3.63) is 54.0 Å². The average Bonchev–Trinajstić information content (AvgIpc) is 3.10. The minimum Gasteiger partial charge on any atom is -0.455 e. The van der Waals surface area contributed by atoms with Crippen LogP contribution >= 0.6 is 0 Å². The number of benzene rings is 1. The molecule has 2 unspecified atom stereocenters. The first-order valence-corrected chi connectivity index (χ1v) is 10.4. The van der Waals surface area contributed by atoms with Gasteiger partial charge in [0.05, 0.1) is 4.90 Å². The predicted molar refractivity (Wildman–Crippen MR) is 101 cm³/mol. The Morgan fingerprint density at radius 1 is 1.04 bits per heavy atom. The third-order valence-electron chi connectivity index (χ3n) is 4.06. The summed E-state index contributed by atoms with van der Waals surface area (Å²) in [5, 5.41) is 5.32. The van der Waals surface area contributed by atoms with Crippen LogP contribution in [0.1, 0.15) is 43.5 Å². The van der Waals surface area contributed by atoms with E-state index in [2.05, 4.69) is 10.6 Å². The van der Waals surface area contributed by atoms with Gasteiger partial charge in [0.1, 0.15) is 17.6 Å². The monoisotopic (exact) mass is 392 g/mol. The van der Waals surface area contributed by atoms with Crippen molar-refractivity contribution < 1.29 is 22.4 Å². The van der Waals surface area contributed by atoms with Crippen LogP contribution in [0.4, 0.5) is 0 Å². The van der Waals surface area contributed by atoms with Crippen molar-refractivity contribution in [2.45, 2.75) is 49.9 Å². The summed E-state index contributed by atoms with van der Waals surface area (Å²) in [4.78, 5) is 24.4. The van der Waals surface area contributed by atoms with Gasteiger partial charge < -0.3 is 15.1 Å². The van der Waals surface area contributed by atoms with E-state index in [0.29, 0.717) is 0 Å². The Morgan fingerprint density at radius 3 is 2.33 bits per heavy atom. The van der Waals surface area contributed by atoms with Crippen LogP contribution in [0, 0.1) is 0 Å². The van der Waals surface area contributed by atoms with Gasteiger partial charge in [-0.2, -0.15) is 0 Å². The van der Waals surface area contributed by atoms with Gasteiger partial charge in [-0.15, -0.1) is 0 Å². The Hall–Kier alpha value is -2.61. The van der Waals surface area contributed by atoms with Gasteiger partial charge in [0, 0.05) is 6.04 Å². The summed E-state index contributed by atoms with van der Waals surface area (Å²) in [6, 6.07) is 10.1. The number of nitrogens with one attached hydrogen (secondary N) is 2. The summed E-state index contributed by atoms with van der Waals surface area (Å²) in [6.45, 7) is 5.39. The van der Waals surface area contributed by atoms with Crippen LogP contribution in [0.25, 0.3) is 0 Å². The zero-order valence-electron chi connectivity index (χ0n) is 15.6. The molecule has 7 nitrogen and oxygen atoms in total. The van der Waals surface area contributed by atoms with Gasteiger partial charge in [0.2, 0.25) is 5.91 Å². The quantitative estimate of drug-likeness (QED) is 0.717. The number of sulfone groups is 1. The molecule has 0 saturated carbocycles. The molecule has 2 amide bonds. The average molecular weight is 392 g/mol. The molecule has 2 aromatic rings. The normalized spacial score (nSPS) is 13.6. The number of carbonyl (C=O) groups is 2. The first kappa shape index (κ1) is 20.7. The molecule has 1 heterocycles. The van der Waals surface area contributed by atoms with Crippen molar-refractivity contribution in [2.75, 3.05) is 0 Å². The van der Waals surface area contributed by atoms with E-state index < -0.39 is 21.8 Å². The first-order chi connectivity index (χ1) is 12.7. The van der Waals surface area contributed by atoms with E-state index in [0.717, 1.165) is 6.42 Å². The molecule has 2 rings (SSSR count). The van der Waals surface area contributed by atoms with Crippen molar-refractivity contribution in [1.29, 1.82) is 0 Å². The third-order valence-corrected chi connectivity index (χ3v) is 5.72. The molecule has 1 aromatic carbocycles. The van der Waals surface area contributed by atoms with Crippen molar-refractivity contribution in [3.63, 3.8) is 0 Å². The number of hydrogen-bond donors (Lipinski definition) is 2. The molecule has 0 aliphatic carbocycles. The lowest BCUT2D eigenvalue weighted by molar-refractivity contribution is -0.123. The molecule has 8 heteroatoms. The van der Waals surface area contributed by atoms with E-state index in [-0.39, 0.29) is 34.1 Å². The molecule has 0 bridgehead atoms. The molecule has 0 fully saturated rings. The summed E-state index contributed by atoms with van der Waals surface area (Å²) in [5.74, 6) is -1.12. The second-order valence-electron chi connectivity index (χ2n) is 6.35. The molecule has 1 aromatic heterocycles. The van der Waals surface area contributed by atoms with Crippen LogP contribution in [0.15, 0.2) is 51.8 Å². The van der Waals surface area contributed by atoms with Gasteiger partial charge >= 0.3 is 0 Å². The van der Waals surface area contributed by atoms with Crippen LogP contribution in [-0.4, -0.2) is 32.3 Å². The zero-order valence-corrected chi connectivity index (χ0v) is 16.4. The van der Waals surface area contributed by atoms with Gasteiger partial charge in [-0.3, -0.25) is 9.59 Å². The second kappa shape index (κ2) is 8.85. The van der Waals surface area contributed by atoms with Crippen molar-refractivity contribution in [3.8, 4) is 0 Å².